The fourth-order valence-electron chi connectivity index (χ4n) is 1.08. The Bertz CT molecular complexity index is 406. The van der Waals surface area contributed by atoms with E-state index in [0.29, 0.717) is 26.3 Å². The number of hydrogen-bond acceptors (Lipinski definition) is 0. The van der Waals surface area contributed by atoms with E-state index in [1.165, 1.54) is 33.2 Å². The summed E-state index contributed by atoms with van der Waals surface area (Å²) in [6.45, 7) is 0. The quantitative estimate of drug-likeness (QED) is 0.733. The summed E-state index contributed by atoms with van der Waals surface area (Å²) in [7, 11) is 0. The van der Waals surface area contributed by atoms with Gasteiger partial charge in [-0.25, -0.2) is 0 Å². The molecule has 0 unspecified atom stereocenters. The average molecular weight is 348 g/mol. The Hall–Kier alpha value is -0.661. The van der Waals surface area contributed by atoms with E-state index in [9.17, 15) is 8.78 Å². The molecule has 2 aromatic carbocycles. The Morgan fingerprint density at radius 3 is 1.19 bits per heavy atom. The number of halogens is 2. The van der Waals surface area contributed by atoms with E-state index >= 15 is 0 Å². The van der Waals surface area contributed by atoms with Gasteiger partial charge in [0.05, 0.1) is 0 Å². The zero-order chi connectivity index (χ0) is 11.4. The van der Waals surface area contributed by atoms with Gasteiger partial charge < -0.3 is 0 Å². The molecule has 0 fully saturated rings. The predicted octanol–water partition coefficient (Wildman–Crippen LogP) is 1.24. The third kappa shape index (κ3) is 3.43. The molecule has 4 heteroatoms. The minimum atomic E-state index is -0.200. The van der Waals surface area contributed by atoms with Crippen LogP contribution in [0.15, 0.2) is 48.5 Å². The van der Waals surface area contributed by atoms with E-state index < -0.39 is 0 Å². The number of rotatable bonds is 3. The van der Waals surface area contributed by atoms with E-state index in [-0.39, 0.29) is 11.6 Å². The van der Waals surface area contributed by atoms with Crippen molar-refractivity contribution < 1.29 is 8.78 Å². The van der Waals surface area contributed by atoms with Crippen LogP contribution in [0.5, 0.6) is 0 Å². The van der Waals surface area contributed by atoms with Crippen molar-refractivity contribution in [2.24, 2.45) is 0 Å². The average Bonchev–Trinajstić information content (AvgIpc) is 2.30. The first kappa shape index (κ1) is 11.8. The van der Waals surface area contributed by atoms with Crippen molar-refractivity contribution in [3.05, 3.63) is 60.2 Å². The first-order chi connectivity index (χ1) is 7.74. The Kier molecular flexibility index (Phi) is 4.14. The maximum absolute atomic E-state index is 12.7. The van der Waals surface area contributed by atoms with Crippen LogP contribution in [0.3, 0.4) is 0 Å². The molecule has 0 atom stereocenters. The molecule has 0 aliphatic heterocycles. The fraction of sp³-hybridized carbons (Fsp3) is 0. The summed E-state index contributed by atoms with van der Waals surface area (Å²) in [6.07, 6.45) is 0. The van der Waals surface area contributed by atoms with Crippen molar-refractivity contribution in [3.8, 4) is 0 Å². The van der Waals surface area contributed by atoms with Gasteiger partial charge in [-0.1, -0.05) is 0 Å². The van der Waals surface area contributed by atoms with Gasteiger partial charge in [0, 0.05) is 0 Å². The number of benzene rings is 2. The molecule has 0 aliphatic carbocycles. The van der Waals surface area contributed by atoms with Crippen molar-refractivity contribution in [3.63, 3.8) is 0 Å². The van der Waals surface area contributed by atoms with E-state index in [2.05, 4.69) is 0 Å². The van der Waals surface area contributed by atoms with Gasteiger partial charge >= 0.3 is 104 Å². The van der Waals surface area contributed by atoms with Crippen LogP contribution in [0, 0.1) is 11.6 Å². The third-order valence-electron chi connectivity index (χ3n) is 1.86. The Balaban J connectivity index is 1.97. The summed E-state index contributed by atoms with van der Waals surface area (Å²) >= 11 is 0.664. The summed E-state index contributed by atoms with van der Waals surface area (Å²) in [4.78, 5) is 0. The van der Waals surface area contributed by atoms with Gasteiger partial charge in [-0.05, 0) is 0 Å². The van der Waals surface area contributed by atoms with Crippen LogP contribution < -0.4 is 8.92 Å². The third-order valence-corrected chi connectivity index (χ3v) is 9.09. The van der Waals surface area contributed by atoms with E-state index in [1.54, 1.807) is 0 Å². The second kappa shape index (κ2) is 5.60. The molecule has 0 bridgehead atoms. The molecule has 2 aromatic rings. The minimum absolute atomic E-state index is 0.200. The molecule has 82 valence electrons. The molecule has 0 aliphatic rings. The van der Waals surface area contributed by atoms with Gasteiger partial charge in [0.2, 0.25) is 0 Å². The molecule has 0 amide bonds. The van der Waals surface area contributed by atoms with Gasteiger partial charge in [-0.15, -0.1) is 0 Å². The van der Waals surface area contributed by atoms with E-state index in [0.717, 1.165) is 0 Å². The molecule has 0 spiro atoms. The molecule has 0 N–H and O–H groups in total. The molecule has 16 heavy (non-hydrogen) atoms. The second-order valence-electron chi connectivity index (χ2n) is 3.07. The van der Waals surface area contributed by atoms with Gasteiger partial charge in [0.15, 0.2) is 0 Å². The van der Waals surface area contributed by atoms with Gasteiger partial charge in [0.1, 0.15) is 0 Å². The van der Waals surface area contributed by atoms with Crippen molar-refractivity contribution in [1.82, 2.24) is 0 Å². The maximum atomic E-state index is 12.7. The molecule has 0 nitrogen and oxygen atoms in total. The van der Waals surface area contributed by atoms with Crippen molar-refractivity contribution in [2.45, 2.75) is 0 Å². The van der Waals surface area contributed by atoms with Crippen LogP contribution in [-0.2, 0) is 0 Å². The van der Waals surface area contributed by atoms with Crippen molar-refractivity contribution in [1.29, 1.82) is 0 Å². The Labute approximate surface area is 104 Å². The van der Waals surface area contributed by atoms with Crippen molar-refractivity contribution in [2.75, 3.05) is 0 Å². The molecular weight excluding hydrogens is 340 g/mol. The summed E-state index contributed by atoms with van der Waals surface area (Å²) < 4.78 is 27.7. The van der Waals surface area contributed by atoms with Crippen LogP contribution in [0.4, 0.5) is 8.78 Å². The van der Waals surface area contributed by atoms with E-state index in [1.807, 2.05) is 24.3 Å². The van der Waals surface area contributed by atoms with Crippen LogP contribution in [-0.4, -0.2) is 26.3 Å². The van der Waals surface area contributed by atoms with Crippen LogP contribution in [0.25, 0.3) is 0 Å². The Morgan fingerprint density at radius 1 is 0.562 bits per heavy atom. The summed E-state index contributed by atoms with van der Waals surface area (Å²) in [5, 5.41) is 0. The first-order valence-corrected chi connectivity index (χ1v) is 10.6. The molecular formula is C12H8F2Se2. The molecule has 0 radical (unpaired) electrons. The van der Waals surface area contributed by atoms with Crippen LogP contribution in [0.2, 0.25) is 0 Å². The number of hydrogen-bond donors (Lipinski definition) is 0. The zero-order valence-corrected chi connectivity index (χ0v) is 11.6. The standard InChI is InChI=1S/C12H8F2Se2/c13-9-1-5-11(6-2-9)15-16-12-7-3-10(14)4-8-12/h1-8H. The van der Waals surface area contributed by atoms with Gasteiger partial charge in [0.25, 0.3) is 0 Å². The molecule has 0 aromatic heterocycles. The van der Waals surface area contributed by atoms with Crippen molar-refractivity contribution >= 4 is 35.2 Å². The summed E-state index contributed by atoms with van der Waals surface area (Å²) in [5.74, 6) is -0.400. The van der Waals surface area contributed by atoms with Crippen LogP contribution in [0.1, 0.15) is 0 Å². The predicted molar refractivity (Wildman–Crippen MR) is 63.6 cm³/mol. The Morgan fingerprint density at radius 2 is 0.875 bits per heavy atom. The van der Waals surface area contributed by atoms with Gasteiger partial charge in [-0.3, -0.25) is 0 Å². The zero-order valence-electron chi connectivity index (χ0n) is 8.19. The molecule has 0 saturated carbocycles. The molecule has 0 saturated heterocycles. The van der Waals surface area contributed by atoms with E-state index in [4.69, 9.17) is 0 Å². The molecule has 0 heterocycles. The first-order valence-electron chi connectivity index (χ1n) is 4.60. The van der Waals surface area contributed by atoms with Crippen LogP contribution >= 0.6 is 0 Å². The molecule has 2 rings (SSSR count). The monoisotopic (exact) mass is 350 g/mol. The van der Waals surface area contributed by atoms with Gasteiger partial charge in [-0.2, -0.15) is 0 Å². The SMILES string of the molecule is Fc1ccc([Se][Se]c2ccc(F)cc2)cc1. The summed E-state index contributed by atoms with van der Waals surface area (Å²) in [5.41, 5.74) is 0. The summed E-state index contributed by atoms with van der Waals surface area (Å²) in [6, 6.07) is 13.2. The topological polar surface area (TPSA) is 0 Å². The second-order valence-corrected chi connectivity index (χ2v) is 9.39. The fourth-order valence-corrected chi connectivity index (χ4v) is 7.04. The normalized spacial score (nSPS) is 10.4.